The Bertz CT molecular complexity index is 729. The van der Waals surface area contributed by atoms with Crippen molar-refractivity contribution < 1.29 is 0 Å². The second kappa shape index (κ2) is 3.99. The van der Waals surface area contributed by atoms with Crippen molar-refractivity contribution in [3.8, 4) is 11.1 Å². The normalized spacial score (nSPS) is 12.0. The van der Waals surface area contributed by atoms with E-state index in [0.29, 0.717) is 0 Å². The summed E-state index contributed by atoms with van der Waals surface area (Å²) >= 11 is 0. The van der Waals surface area contributed by atoms with Crippen LogP contribution in [0.4, 0.5) is 11.5 Å². The number of nitrogens with one attached hydrogen (secondary N) is 2. The van der Waals surface area contributed by atoms with Gasteiger partial charge in [-0.15, -0.1) is 0 Å². The Morgan fingerprint density at radius 3 is 2.63 bits per heavy atom. The molecule has 3 aromatic rings. The van der Waals surface area contributed by atoms with E-state index in [9.17, 15) is 0 Å². The highest BCUT2D eigenvalue weighted by atomic mass is 15.2. The Labute approximate surface area is 111 Å². The highest BCUT2D eigenvalue weighted by Gasteiger charge is 2.24. The predicted molar refractivity (Wildman–Crippen MR) is 76.6 cm³/mol. The van der Waals surface area contributed by atoms with Crippen molar-refractivity contribution in [2.75, 3.05) is 5.32 Å². The summed E-state index contributed by atoms with van der Waals surface area (Å²) in [5.41, 5.74) is 6.10. The molecule has 1 heterocycles. The summed E-state index contributed by atoms with van der Waals surface area (Å²) < 4.78 is 0. The summed E-state index contributed by atoms with van der Waals surface area (Å²) in [4.78, 5) is 0. The fraction of sp³-hybridized carbons (Fsp3) is 0.0625. The van der Waals surface area contributed by atoms with Crippen molar-refractivity contribution in [1.29, 1.82) is 0 Å². The van der Waals surface area contributed by atoms with Crippen LogP contribution in [0.15, 0.2) is 54.6 Å². The van der Waals surface area contributed by atoms with Crippen LogP contribution in [0.1, 0.15) is 11.3 Å². The first-order chi connectivity index (χ1) is 9.42. The van der Waals surface area contributed by atoms with E-state index in [2.05, 4.69) is 39.8 Å². The number of para-hydroxylation sites is 1. The largest absolute Gasteiger partial charge is 0.338 e. The predicted octanol–water partition coefficient (Wildman–Crippen LogP) is 3.72. The van der Waals surface area contributed by atoms with E-state index in [4.69, 9.17) is 0 Å². The van der Waals surface area contributed by atoms with Gasteiger partial charge in [0.15, 0.2) is 5.82 Å². The number of rotatable bonds is 2. The molecule has 92 valence electrons. The molecule has 0 fully saturated rings. The highest BCUT2D eigenvalue weighted by Crippen LogP contribution is 2.40. The number of nitrogens with zero attached hydrogens (tertiary/aromatic N) is 1. The van der Waals surface area contributed by atoms with Crippen molar-refractivity contribution in [2.24, 2.45) is 0 Å². The maximum absolute atomic E-state index is 4.40. The third-order valence-corrected chi connectivity index (χ3v) is 3.53. The van der Waals surface area contributed by atoms with Crippen molar-refractivity contribution in [2.45, 2.75) is 6.42 Å². The molecule has 19 heavy (non-hydrogen) atoms. The second-order valence-corrected chi connectivity index (χ2v) is 4.75. The fourth-order valence-electron chi connectivity index (χ4n) is 2.65. The summed E-state index contributed by atoms with van der Waals surface area (Å²) in [6, 6.07) is 18.6. The van der Waals surface area contributed by atoms with Crippen molar-refractivity contribution in [3.05, 3.63) is 65.9 Å². The smallest absolute Gasteiger partial charge is 0.160 e. The Balaban J connectivity index is 1.78. The molecule has 0 spiro atoms. The number of benzene rings is 2. The zero-order valence-electron chi connectivity index (χ0n) is 10.4. The average Bonchev–Trinajstić information content (AvgIpc) is 3.00. The molecule has 2 aromatic carbocycles. The maximum Gasteiger partial charge on any atom is 0.160 e. The number of anilines is 2. The second-order valence-electron chi connectivity index (χ2n) is 4.75. The van der Waals surface area contributed by atoms with E-state index in [-0.39, 0.29) is 0 Å². The first-order valence-corrected chi connectivity index (χ1v) is 6.39. The first-order valence-electron chi connectivity index (χ1n) is 6.39. The molecule has 4 rings (SSSR count). The van der Waals surface area contributed by atoms with E-state index in [1.54, 1.807) is 0 Å². The number of hydrogen-bond donors (Lipinski definition) is 2. The van der Waals surface area contributed by atoms with Crippen LogP contribution < -0.4 is 5.32 Å². The summed E-state index contributed by atoms with van der Waals surface area (Å²) in [5, 5.41) is 10.9. The minimum absolute atomic E-state index is 0.908. The molecular weight excluding hydrogens is 234 g/mol. The Morgan fingerprint density at radius 1 is 0.947 bits per heavy atom. The van der Waals surface area contributed by atoms with Gasteiger partial charge in [0.1, 0.15) is 0 Å². The van der Waals surface area contributed by atoms with Gasteiger partial charge in [0.2, 0.25) is 0 Å². The van der Waals surface area contributed by atoms with E-state index < -0.39 is 0 Å². The Hall–Kier alpha value is -2.55. The number of hydrogen-bond acceptors (Lipinski definition) is 2. The van der Waals surface area contributed by atoms with E-state index in [1.165, 1.54) is 22.4 Å². The monoisotopic (exact) mass is 247 g/mol. The van der Waals surface area contributed by atoms with E-state index in [1.807, 2.05) is 30.3 Å². The molecule has 2 N–H and O–H groups in total. The van der Waals surface area contributed by atoms with Gasteiger partial charge in [0.05, 0.1) is 0 Å². The van der Waals surface area contributed by atoms with Crippen molar-refractivity contribution in [1.82, 2.24) is 10.2 Å². The van der Waals surface area contributed by atoms with Gasteiger partial charge in [0.25, 0.3) is 0 Å². The number of fused-ring (bicyclic) bond motifs is 3. The molecule has 3 heteroatoms. The van der Waals surface area contributed by atoms with Crippen LogP contribution in [-0.2, 0) is 6.42 Å². The molecule has 0 atom stereocenters. The van der Waals surface area contributed by atoms with Gasteiger partial charge in [-0.1, -0.05) is 42.5 Å². The summed E-state index contributed by atoms with van der Waals surface area (Å²) in [7, 11) is 0. The molecule has 0 bridgehead atoms. The Kier molecular flexibility index (Phi) is 2.18. The number of aromatic nitrogens is 2. The first kappa shape index (κ1) is 10.4. The lowest BCUT2D eigenvalue weighted by atomic mass is 10.1. The molecule has 0 amide bonds. The third-order valence-electron chi connectivity index (χ3n) is 3.53. The molecule has 3 nitrogen and oxygen atoms in total. The van der Waals surface area contributed by atoms with Crippen LogP contribution in [0.3, 0.4) is 0 Å². The standard InChI is InChI=1S/C16H13N3/c1-2-7-12(8-3-1)17-16-15-13-9-5-4-6-11(13)10-14(15)18-19-16/h1-9H,10H2,(H2,17,18,19). The zero-order chi connectivity index (χ0) is 12.7. The minimum Gasteiger partial charge on any atom is -0.338 e. The van der Waals surface area contributed by atoms with Gasteiger partial charge in [-0.2, -0.15) is 5.10 Å². The van der Waals surface area contributed by atoms with E-state index >= 15 is 0 Å². The zero-order valence-corrected chi connectivity index (χ0v) is 10.4. The SMILES string of the molecule is c1ccc(Nc2n[nH]c3c2-c2ccccc2C3)cc1. The molecular formula is C16H13N3. The summed E-state index contributed by atoms with van der Waals surface area (Å²) in [6.07, 6.45) is 0.939. The van der Waals surface area contributed by atoms with Crippen molar-refractivity contribution in [3.63, 3.8) is 0 Å². The van der Waals surface area contributed by atoms with Gasteiger partial charge in [-0.25, -0.2) is 0 Å². The lowest BCUT2D eigenvalue weighted by Crippen LogP contribution is -1.92. The Morgan fingerprint density at radius 2 is 1.74 bits per heavy atom. The highest BCUT2D eigenvalue weighted by molar-refractivity contribution is 5.85. The van der Waals surface area contributed by atoms with Crippen LogP contribution in [-0.4, -0.2) is 10.2 Å². The van der Waals surface area contributed by atoms with Crippen LogP contribution in [0.5, 0.6) is 0 Å². The molecule has 1 aliphatic carbocycles. The molecule has 0 saturated carbocycles. The van der Waals surface area contributed by atoms with Gasteiger partial charge >= 0.3 is 0 Å². The number of H-pyrrole nitrogens is 1. The summed E-state index contributed by atoms with van der Waals surface area (Å²) in [5.74, 6) is 0.908. The van der Waals surface area contributed by atoms with E-state index in [0.717, 1.165) is 17.9 Å². The maximum atomic E-state index is 4.40. The van der Waals surface area contributed by atoms with Gasteiger partial charge in [0, 0.05) is 23.4 Å². The van der Waals surface area contributed by atoms with Crippen LogP contribution >= 0.6 is 0 Å². The number of aromatic amines is 1. The van der Waals surface area contributed by atoms with Gasteiger partial charge in [-0.3, -0.25) is 5.10 Å². The summed E-state index contributed by atoms with van der Waals surface area (Å²) in [6.45, 7) is 0. The molecule has 0 aliphatic heterocycles. The molecule has 1 aromatic heterocycles. The van der Waals surface area contributed by atoms with Crippen molar-refractivity contribution >= 4 is 11.5 Å². The molecule has 1 aliphatic rings. The molecule has 0 radical (unpaired) electrons. The van der Waals surface area contributed by atoms with Crippen LogP contribution in [0.25, 0.3) is 11.1 Å². The third kappa shape index (κ3) is 1.63. The van der Waals surface area contributed by atoms with Crippen LogP contribution in [0.2, 0.25) is 0 Å². The topological polar surface area (TPSA) is 40.7 Å². The van der Waals surface area contributed by atoms with Gasteiger partial charge in [-0.05, 0) is 23.3 Å². The fourth-order valence-corrected chi connectivity index (χ4v) is 2.65. The minimum atomic E-state index is 0.908. The lowest BCUT2D eigenvalue weighted by Gasteiger charge is -2.05. The lowest BCUT2D eigenvalue weighted by molar-refractivity contribution is 1.01. The van der Waals surface area contributed by atoms with Crippen LogP contribution in [0, 0.1) is 0 Å². The average molecular weight is 247 g/mol. The van der Waals surface area contributed by atoms with Gasteiger partial charge < -0.3 is 5.32 Å². The molecule has 0 saturated heterocycles. The molecule has 0 unspecified atom stereocenters. The quantitative estimate of drug-likeness (QED) is 0.566.